The van der Waals surface area contributed by atoms with Crippen LogP contribution >= 0.6 is 8.53 Å². The van der Waals surface area contributed by atoms with Crippen LogP contribution in [-0.2, 0) is 128 Å². The number of rotatable bonds is 70. The maximum atomic E-state index is 15.4. The second kappa shape index (κ2) is 68.3. The summed E-state index contributed by atoms with van der Waals surface area (Å²) in [6, 6.07) is -0.972. The predicted octanol–water partition coefficient (Wildman–Crippen LogP) is -10.6. The molecule has 4 aliphatic rings. The number of nitrogens with one attached hydrogen (secondary N) is 9. The number of aliphatic hydroxyl groups is 12. The Balaban J connectivity index is 1.34. The molecular formula is C86H145N12O41P. The highest BCUT2D eigenvalue weighted by Crippen LogP contribution is 2.46. The van der Waals surface area contributed by atoms with Crippen LogP contribution in [0, 0.1) is 12.3 Å². The fourth-order valence-corrected chi connectivity index (χ4v) is 15.8. The molecule has 0 aromatic heterocycles. The largest absolute Gasteiger partial charge is 0.436 e. The summed E-state index contributed by atoms with van der Waals surface area (Å²) >= 11 is 0. The molecule has 53 nitrogen and oxygen atoms in total. The lowest BCUT2D eigenvalue weighted by molar-refractivity contribution is -0.272. The van der Waals surface area contributed by atoms with Gasteiger partial charge < -0.3 is 204 Å². The number of carbonyl (C=O) groups excluding carboxylic acids is 11. The molecule has 0 aliphatic carbocycles. The summed E-state index contributed by atoms with van der Waals surface area (Å²) in [5.41, 5.74) is -0.0598. The minimum absolute atomic E-state index is 0.00689. The van der Waals surface area contributed by atoms with Gasteiger partial charge in [0.05, 0.1) is 165 Å². The van der Waals surface area contributed by atoms with Gasteiger partial charge in [0.15, 0.2) is 25.2 Å². The number of hydrogen-bond donors (Lipinski definition) is 21. The Bertz CT molecular complexity index is 3670. The van der Waals surface area contributed by atoms with E-state index in [2.05, 4.69) is 53.8 Å². The van der Waals surface area contributed by atoms with Crippen LogP contribution in [0.3, 0.4) is 0 Å². The lowest BCUT2D eigenvalue weighted by atomic mass is 9.97. The molecule has 11 amide bonds. The van der Waals surface area contributed by atoms with E-state index in [1.165, 1.54) is 52.0 Å². The van der Waals surface area contributed by atoms with Gasteiger partial charge >= 0.3 is 8.53 Å². The molecular weight excluding hydrogens is 1890 g/mol. The number of nitrogens with zero attached hydrogens (tertiary/aromatic N) is 3. The SMILES string of the molecule is C#CCCOP(Oc1ccc(C(=O)NC(CCC(=O)N(CC(=O)NCCOCCOCCOC2OC(CO)C(O)C(O)C2NC(C)=O)CC(=O)NCCOCCOCCOC2OC(CO)C(O)C(O)C2NC(C)=O)C(=O)N(CC(=O)NCCOCCOCCOC2OC(CO)C(O)C(O)C2NC(C)=O)CC(=O)NCCOCCOCCOC2OC(CO)C(O)C(O)C2NC(C)=O)cc1)N(C(C)C)C(C)C. The highest BCUT2D eigenvalue weighted by Gasteiger charge is 2.50. The second-order valence-electron chi connectivity index (χ2n) is 32.7. The Labute approximate surface area is 812 Å². The molecule has 0 bridgehead atoms. The van der Waals surface area contributed by atoms with Gasteiger partial charge in [-0.25, -0.2) is 4.67 Å². The number of aliphatic hydroxyl groups excluding tert-OH is 12. The van der Waals surface area contributed by atoms with E-state index in [0.717, 1.165) is 9.80 Å². The number of carbonyl (C=O) groups is 11. The van der Waals surface area contributed by atoms with E-state index in [4.69, 9.17) is 91.3 Å². The van der Waals surface area contributed by atoms with Gasteiger partial charge in [-0.1, -0.05) is 0 Å². The van der Waals surface area contributed by atoms with E-state index in [-0.39, 0.29) is 195 Å². The molecule has 0 radical (unpaired) electrons. The number of terminal acetylenes is 1. The van der Waals surface area contributed by atoms with Gasteiger partial charge in [0, 0.05) is 84.4 Å². The van der Waals surface area contributed by atoms with Crippen LogP contribution in [0.15, 0.2) is 24.3 Å². The van der Waals surface area contributed by atoms with Gasteiger partial charge in [0.25, 0.3) is 5.91 Å². The van der Waals surface area contributed by atoms with Crippen LogP contribution in [-0.4, -0.2) is 499 Å². The monoisotopic (exact) mass is 2030 g/mol. The number of hydrogen-bond acceptors (Lipinski definition) is 42. The smallest absolute Gasteiger partial charge is 0.321 e. The van der Waals surface area contributed by atoms with Crippen molar-refractivity contribution in [1.29, 1.82) is 0 Å². The molecule has 22 unspecified atom stereocenters. The van der Waals surface area contributed by atoms with Crippen molar-refractivity contribution in [2.24, 2.45) is 0 Å². The van der Waals surface area contributed by atoms with Crippen LogP contribution in [0.1, 0.15) is 85.0 Å². The van der Waals surface area contributed by atoms with Crippen LogP contribution in [0.2, 0.25) is 0 Å². The first-order valence-electron chi connectivity index (χ1n) is 46.0. The quantitative estimate of drug-likeness (QED) is 0.0164. The third-order valence-electron chi connectivity index (χ3n) is 21.1. The predicted molar refractivity (Wildman–Crippen MR) is 483 cm³/mol. The highest BCUT2D eigenvalue weighted by atomic mass is 31.2. The maximum Gasteiger partial charge on any atom is 0.321 e. The molecule has 0 spiro atoms. The van der Waals surface area contributed by atoms with E-state index in [9.17, 15) is 109 Å². The van der Waals surface area contributed by atoms with E-state index < -0.39 is 268 Å². The van der Waals surface area contributed by atoms with Gasteiger partial charge in [-0.05, 0) is 58.4 Å². The van der Waals surface area contributed by atoms with Crippen molar-refractivity contribution in [3.8, 4) is 18.1 Å². The van der Waals surface area contributed by atoms with Crippen LogP contribution in [0.4, 0.5) is 0 Å². The molecule has 4 aliphatic heterocycles. The summed E-state index contributed by atoms with van der Waals surface area (Å²) in [5.74, 6) is -5.68. The van der Waals surface area contributed by atoms with Crippen molar-refractivity contribution in [3.63, 3.8) is 0 Å². The van der Waals surface area contributed by atoms with Crippen molar-refractivity contribution in [1.82, 2.24) is 62.3 Å². The first-order valence-corrected chi connectivity index (χ1v) is 47.2. The van der Waals surface area contributed by atoms with Crippen molar-refractivity contribution >= 4 is 73.5 Å². The first-order chi connectivity index (χ1) is 67.0. The van der Waals surface area contributed by atoms with E-state index in [0.29, 0.717) is 0 Å². The van der Waals surface area contributed by atoms with E-state index in [1.807, 2.05) is 32.4 Å². The maximum absolute atomic E-state index is 15.4. The number of amides is 11. The highest BCUT2D eigenvalue weighted by molar-refractivity contribution is 7.45. The molecule has 0 saturated carbocycles. The normalized spacial score (nSPS) is 25.0. The minimum atomic E-state index is -1.80. The Morgan fingerprint density at radius 1 is 0.393 bits per heavy atom. The van der Waals surface area contributed by atoms with Crippen molar-refractivity contribution in [2.75, 3.05) is 218 Å². The molecule has 4 heterocycles. The molecule has 4 saturated heterocycles. The van der Waals surface area contributed by atoms with Crippen molar-refractivity contribution in [3.05, 3.63) is 29.8 Å². The Morgan fingerprint density at radius 3 is 0.943 bits per heavy atom. The topological polar surface area (TPSA) is 715 Å². The van der Waals surface area contributed by atoms with E-state index >= 15 is 4.79 Å². The summed E-state index contributed by atoms with van der Waals surface area (Å²) in [6.07, 6.45) is -17.8. The summed E-state index contributed by atoms with van der Waals surface area (Å²) in [5, 5.41) is 146. The van der Waals surface area contributed by atoms with Gasteiger partial charge in [-0.15, -0.1) is 12.3 Å². The Morgan fingerprint density at radius 2 is 0.671 bits per heavy atom. The van der Waals surface area contributed by atoms with Gasteiger partial charge in [0.2, 0.25) is 59.1 Å². The molecule has 5 rings (SSSR count). The van der Waals surface area contributed by atoms with E-state index in [1.54, 1.807) is 0 Å². The van der Waals surface area contributed by atoms with Gasteiger partial charge in [0.1, 0.15) is 135 Å². The zero-order valence-electron chi connectivity index (χ0n) is 80.1. The van der Waals surface area contributed by atoms with Crippen molar-refractivity contribution in [2.45, 2.75) is 215 Å². The summed E-state index contributed by atoms with van der Waals surface area (Å²) in [7, 11) is -1.78. The standard InChI is InChI=1S/C86H145N12O41P/c1-10-11-22-134-140(98(51(2)3)52(4)5)139-58-14-12-57(13-15-58)81(120)95-59(82(121)97(45-66(109)89-20-25-124-29-33-128-37-41-132-85-71(93-55(8)105)79(118)75(114)62(49-101)137-85)46-67(110)90-21-26-125-30-34-129-38-42-133-86-72(94-56(9)106)80(119)76(115)63(50-102)138-86)16-17-68(111)96(43-64(107)87-18-23-122-27-31-126-35-39-130-83-69(91-53(6)103)77(116)73(112)60(47-99)135-83)44-65(108)88-19-24-123-28-32-127-36-40-131-84-70(92-54(7)104)78(117)74(113)61(48-100)136-84/h1,12-15,51-52,59-63,69-80,83-86,99-102,112-119H,11,16-50H2,2-9H3,(H,87,107)(H,88,108)(H,89,109)(H,90,110)(H,91,103)(H,92,104)(H,93,105)(H,94,106)(H,95,120). The van der Waals surface area contributed by atoms with Gasteiger partial charge in [-0.3, -0.25) is 52.7 Å². The third-order valence-corrected chi connectivity index (χ3v) is 23.1. The summed E-state index contributed by atoms with van der Waals surface area (Å²) in [4.78, 5) is 150. The lowest BCUT2D eigenvalue weighted by Gasteiger charge is -2.42. The molecule has 800 valence electrons. The van der Waals surface area contributed by atoms with Gasteiger partial charge in [-0.2, -0.15) is 0 Å². The Kier molecular flexibility index (Phi) is 59.8. The van der Waals surface area contributed by atoms with Crippen LogP contribution in [0.25, 0.3) is 0 Å². The zero-order valence-corrected chi connectivity index (χ0v) is 81.0. The molecule has 1 aromatic rings. The molecule has 1 aromatic carbocycles. The fraction of sp³-hybridized carbons (Fsp3) is 0.779. The number of benzene rings is 1. The summed E-state index contributed by atoms with van der Waals surface area (Å²) < 4.78 is 104. The lowest BCUT2D eigenvalue weighted by Crippen LogP contribution is -2.64. The molecule has 21 N–H and O–H groups in total. The fourth-order valence-electron chi connectivity index (χ4n) is 14.2. The average molecular weight is 2030 g/mol. The van der Waals surface area contributed by atoms with Crippen molar-refractivity contribution < 1.29 is 199 Å². The molecule has 140 heavy (non-hydrogen) atoms. The molecule has 54 heteroatoms. The summed E-state index contributed by atoms with van der Waals surface area (Å²) in [6.45, 7) is 4.61. The average Bonchev–Trinajstić information content (AvgIpc) is 0.818. The zero-order chi connectivity index (χ0) is 103. The third kappa shape index (κ3) is 44.7. The minimum Gasteiger partial charge on any atom is -0.436 e. The van der Waals surface area contributed by atoms with Crippen LogP contribution < -0.4 is 52.4 Å². The van der Waals surface area contributed by atoms with Crippen LogP contribution in [0.5, 0.6) is 5.75 Å². The molecule has 22 atom stereocenters. The number of ether oxygens (including phenoxy) is 16. The Hall–Kier alpha value is -8.02. The second-order valence-corrected chi connectivity index (χ2v) is 34.1. The molecule has 4 fully saturated rings. The first kappa shape index (κ1) is 122.